The van der Waals surface area contributed by atoms with Crippen LogP contribution >= 0.6 is 0 Å². The van der Waals surface area contributed by atoms with Gasteiger partial charge >= 0.3 is 0 Å². The van der Waals surface area contributed by atoms with Crippen LogP contribution in [0.2, 0.25) is 0 Å². The van der Waals surface area contributed by atoms with Gasteiger partial charge in [-0.3, -0.25) is 19.8 Å². The van der Waals surface area contributed by atoms with Crippen molar-refractivity contribution >= 4 is 35.3 Å². The molecule has 2 N–H and O–H groups in total. The number of benzene rings is 3. The Balaban J connectivity index is 1.67. The van der Waals surface area contributed by atoms with E-state index in [2.05, 4.69) is 15.7 Å². The number of rotatable bonds is 7. The molecule has 0 atom stereocenters. The van der Waals surface area contributed by atoms with Gasteiger partial charge in [-0.2, -0.15) is 5.01 Å². The molecule has 3 aromatic rings. The fourth-order valence-electron chi connectivity index (χ4n) is 3.65. The van der Waals surface area contributed by atoms with E-state index in [1.807, 2.05) is 61.5 Å². The molecule has 1 aliphatic heterocycles. The third-order valence-electron chi connectivity index (χ3n) is 5.33. The molecule has 0 radical (unpaired) electrons. The predicted octanol–water partition coefficient (Wildman–Crippen LogP) is 4.33. The lowest BCUT2D eigenvalue weighted by atomic mass is 10.1. The molecule has 1 heterocycles. The Morgan fingerprint density at radius 3 is 2.42 bits per heavy atom. The summed E-state index contributed by atoms with van der Waals surface area (Å²) in [4.78, 5) is 42.6. The first kappa shape index (κ1) is 24.4. The summed E-state index contributed by atoms with van der Waals surface area (Å²) in [6, 6.07) is 21.6. The van der Waals surface area contributed by atoms with Crippen LogP contribution in [0.15, 0.2) is 83.5 Å². The minimum Gasteiger partial charge on any atom is -0.493 e. The zero-order chi connectivity index (χ0) is 25.7. The molecule has 8 heteroatoms. The monoisotopic (exact) mass is 482 g/mol. The van der Waals surface area contributed by atoms with E-state index in [0.29, 0.717) is 23.7 Å². The first-order valence-electron chi connectivity index (χ1n) is 11.5. The summed E-state index contributed by atoms with van der Waals surface area (Å²) in [5.74, 6) is -0.674. The van der Waals surface area contributed by atoms with Gasteiger partial charge in [0.05, 0.1) is 12.2 Å². The Kier molecular flexibility index (Phi) is 7.25. The van der Waals surface area contributed by atoms with Gasteiger partial charge in [-0.05, 0) is 37.6 Å². The van der Waals surface area contributed by atoms with Gasteiger partial charge in [0.2, 0.25) is 5.91 Å². The van der Waals surface area contributed by atoms with Crippen molar-refractivity contribution < 1.29 is 19.1 Å². The second-order valence-electron chi connectivity index (χ2n) is 8.15. The molecule has 8 nitrogen and oxygen atoms in total. The number of hydrogen-bond donors (Lipinski definition) is 2. The molecule has 3 amide bonds. The highest BCUT2D eigenvalue weighted by molar-refractivity contribution is 6.20. The van der Waals surface area contributed by atoms with Gasteiger partial charge in [0.1, 0.15) is 11.4 Å². The zero-order valence-electron chi connectivity index (χ0n) is 20.2. The first-order chi connectivity index (χ1) is 17.4. The van der Waals surface area contributed by atoms with Crippen LogP contribution in [0.1, 0.15) is 40.9 Å². The molecule has 0 aliphatic carbocycles. The summed E-state index contributed by atoms with van der Waals surface area (Å²) in [5.41, 5.74) is 6.18. The standard InChI is InChI=1S/C28H26N4O4/c1-4-36-25-17-22(29-19(3)33)14-15-23(25)27(34)31-32-26(21-8-6-5-7-9-21)30-24(28(32)35)16-20-12-10-18(2)11-13-20/h5-17H,4H2,1-3H3,(H,29,33)(H,31,34)/b24-16-. The quantitative estimate of drug-likeness (QED) is 0.490. The Hall–Kier alpha value is -4.72. The van der Waals surface area contributed by atoms with Crippen LogP contribution in [-0.2, 0) is 9.59 Å². The molecule has 0 saturated heterocycles. The lowest BCUT2D eigenvalue weighted by molar-refractivity contribution is -0.124. The smallest absolute Gasteiger partial charge is 0.297 e. The molecule has 0 aromatic heterocycles. The van der Waals surface area contributed by atoms with E-state index in [9.17, 15) is 14.4 Å². The molecule has 0 unspecified atom stereocenters. The number of nitrogens with one attached hydrogen (secondary N) is 2. The summed E-state index contributed by atoms with van der Waals surface area (Å²) in [6.07, 6.45) is 1.69. The zero-order valence-corrected chi connectivity index (χ0v) is 20.2. The van der Waals surface area contributed by atoms with Crippen molar-refractivity contribution in [2.45, 2.75) is 20.8 Å². The molecule has 1 aliphatic rings. The lowest BCUT2D eigenvalue weighted by Crippen LogP contribution is -2.47. The van der Waals surface area contributed by atoms with E-state index in [1.54, 1.807) is 25.1 Å². The minimum absolute atomic E-state index is 0.198. The summed E-state index contributed by atoms with van der Waals surface area (Å²) in [6.45, 7) is 5.48. The van der Waals surface area contributed by atoms with Crippen LogP contribution in [0.3, 0.4) is 0 Å². The molecule has 0 bridgehead atoms. The predicted molar refractivity (Wildman–Crippen MR) is 138 cm³/mol. The number of amides is 3. The molecule has 0 spiro atoms. The van der Waals surface area contributed by atoms with Gasteiger partial charge < -0.3 is 10.1 Å². The van der Waals surface area contributed by atoms with Crippen molar-refractivity contribution in [3.8, 4) is 5.75 Å². The number of aryl methyl sites for hydroxylation is 1. The highest BCUT2D eigenvalue weighted by Gasteiger charge is 2.33. The number of amidine groups is 1. The third kappa shape index (κ3) is 5.50. The molecule has 182 valence electrons. The van der Waals surface area contributed by atoms with Gasteiger partial charge in [-0.1, -0.05) is 60.2 Å². The van der Waals surface area contributed by atoms with Crippen LogP contribution < -0.4 is 15.5 Å². The van der Waals surface area contributed by atoms with E-state index in [1.165, 1.54) is 13.0 Å². The van der Waals surface area contributed by atoms with Gasteiger partial charge in [-0.15, -0.1) is 0 Å². The first-order valence-corrected chi connectivity index (χ1v) is 11.5. The highest BCUT2D eigenvalue weighted by atomic mass is 16.5. The number of carbonyl (C=O) groups is 3. The molecule has 0 saturated carbocycles. The van der Waals surface area contributed by atoms with E-state index in [-0.39, 0.29) is 22.9 Å². The number of hydrogen-bond acceptors (Lipinski definition) is 5. The van der Waals surface area contributed by atoms with Gasteiger partial charge in [0, 0.05) is 24.2 Å². The van der Waals surface area contributed by atoms with Crippen LogP contribution in [0.25, 0.3) is 6.08 Å². The molecule has 0 fully saturated rings. The van der Waals surface area contributed by atoms with E-state index in [4.69, 9.17) is 4.74 Å². The largest absolute Gasteiger partial charge is 0.493 e. The minimum atomic E-state index is -0.554. The Bertz CT molecular complexity index is 1360. The third-order valence-corrected chi connectivity index (χ3v) is 5.33. The number of anilines is 1. The Morgan fingerprint density at radius 2 is 1.75 bits per heavy atom. The van der Waals surface area contributed by atoms with E-state index < -0.39 is 11.8 Å². The summed E-state index contributed by atoms with van der Waals surface area (Å²) in [7, 11) is 0. The fourth-order valence-corrected chi connectivity index (χ4v) is 3.65. The van der Waals surface area contributed by atoms with Gasteiger partial charge in [0.25, 0.3) is 11.8 Å². The topological polar surface area (TPSA) is 100 Å². The van der Waals surface area contributed by atoms with Crippen molar-refractivity contribution in [2.75, 3.05) is 11.9 Å². The maximum absolute atomic E-state index is 13.4. The number of hydrazine groups is 1. The van der Waals surface area contributed by atoms with Crippen LogP contribution in [0.4, 0.5) is 5.69 Å². The number of ether oxygens (including phenoxy) is 1. The lowest BCUT2D eigenvalue weighted by Gasteiger charge is -2.20. The SMILES string of the molecule is CCOc1cc(NC(C)=O)ccc1C(=O)NN1C(=O)/C(=C/c2ccc(C)cc2)N=C1c1ccccc1. The maximum Gasteiger partial charge on any atom is 0.297 e. The van der Waals surface area contributed by atoms with Crippen molar-refractivity contribution in [2.24, 2.45) is 4.99 Å². The average Bonchev–Trinajstić information content (AvgIpc) is 3.16. The molecule has 36 heavy (non-hydrogen) atoms. The van der Waals surface area contributed by atoms with Gasteiger partial charge in [-0.25, -0.2) is 4.99 Å². The van der Waals surface area contributed by atoms with Crippen LogP contribution in [0, 0.1) is 6.92 Å². The van der Waals surface area contributed by atoms with Crippen molar-refractivity contribution in [3.63, 3.8) is 0 Å². The average molecular weight is 483 g/mol. The molecule has 3 aromatic carbocycles. The van der Waals surface area contributed by atoms with Crippen molar-refractivity contribution in [1.29, 1.82) is 0 Å². The Morgan fingerprint density at radius 1 is 1.03 bits per heavy atom. The highest BCUT2D eigenvalue weighted by Crippen LogP contribution is 2.25. The summed E-state index contributed by atoms with van der Waals surface area (Å²) >= 11 is 0. The maximum atomic E-state index is 13.4. The van der Waals surface area contributed by atoms with E-state index >= 15 is 0 Å². The molecular formula is C28H26N4O4. The number of aliphatic imine (C=N–C) groups is 1. The Labute approximate surface area is 209 Å². The molecule has 4 rings (SSSR count). The number of carbonyl (C=O) groups excluding carboxylic acids is 3. The summed E-state index contributed by atoms with van der Waals surface area (Å²) in [5, 5.41) is 3.82. The van der Waals surface area contributed by atoms with Crippen molar-refractivity contribution in [3.05, 3.63) is 101 Å². The van der Waals surface area contributed by atoms with Crippen LogP contribution in [0.5, 0.6) is 5.75 Å². The second kappa shape index (κ2) is 10.7. The fraction of sp³-hybridized carbons (Fsp3) is 0.143. The van der Waals surface area contributed by atoms with Crippen LogP contribution in [-0.4, -0.2) is 35.2 Å². The normalized spacial score (nSPS) is 14.0. The summed E-state index contributed by atoms with van der Waals surface area (Å²) < 4.78 is 5.64. The van der Waals surface area contributed by atoms with E-state index in [0.717, 1.165) is 16.1 Å². The molecular weight excluding hydrogens is 456 g/mol. The second-order valence-corrected chi connectivity index (χ2v) is 8.15. The van der Waals surface area contributed by atoms with Crippen molar-refractivity contribution in [1.82, 2.24) is 10.4 Å². The number of nitrogens with zero attached hydrogens (tertiary/aromatic N) is 2. The van der Waals surface area contributed by atoms with Gasteiger partial charge in [0.15, 0.2) is 5.84 Å².